The number of carbonyl (C=O) groups excluding carboxylic acids is 1. The molecule has 2 N–H and O–H groups in total. The van der Waals surface area contributed by atoms with Crippen LogP contribution in [0.5, 0.6) is 0 Å². The predicted octanol–water partition coefficient (Wildman–Crippen LogP) is 0.832. The summed E-state index contributed by atoms with van der Waals surface area (Å²) < 4.78 is 0. The molecule has 6 nitrogen and oxygen atoms in total. The summed E-state index contributed by atoms with van der Waals surface area (Å²) in [6.45, 7) is 2.08. The number of likely N-dealkylation sites (N-methyl/N-ethyl adjacent to an activating group) is 1. The third-order valence-corrected chi connectivity index (χ3v) is 3.95. The van der Waals surface area contributed by atoms with E-state index >= 15 is 0 Å². The van der Waals surface area contributed by atoms with Crippen molar-refractivity contribution in [3.63, 3.8) is 0 Å². The molecule has 1 aromatic heterocycles. The lowest BCUT2D eigenvalue weighted by molar-refractivity contribution is 0.0541. The molecule has 1 aromatic carbocycles. The molecule has 0 saturated carbocycles. The van der Waals surface area contributed by atoms with E-state index in [1.807, 2.05) is 18.2 Å². The van der Waals surface area contributed by atoms with E-state index in [4.69, 9.17) is 0 Å². The zero-order chi connectivity index (χ0) is 14.8. The SMILES string of the molecule is CN1CCN(C(=O)c2c[nH]c(=O)[nH]2)C[C@@H]1c1ccccc1. The molecular formula is C15H18N4O2. The van der Waals surface area contributed by atoms with Gasteiger partial charge >= 0.3 is 5.69 Å². The third-order valence-electron chi connectivity index (χ3n) is 3.95. The topological polar surface area (TPSA) is 72.2 Å². The lowest BCUT2D eigenvalue weighted by Crippen LogP contribution is -2.49. The van der Waals surface area contributed by atoms with Gasteiger partial charge in [0.15, 0.2) is 0 Å². The van der Waals surface area contributed by atoms with E-state index in [1.165, 1.54) is 11.8 Å². The van der Waals surface area contributed by atoms with Crippen molar-refractivity contribution >= 4 is 5.91 Å². The van der Waals surface area contributed by atoms with Crippen LogP contribution >= 0.6 is 0 Å². The van der Waals surface area contributed by atoms with Crippen molar-refractivity contribution in [2.24, 2.45) is 0 Å². The van der Waals surface area contributed by atoms with Crippen molar-refractivity contribution in [3.8, 4) is 0 Å². The summed E-state index contributed by atoms with van der Waals surface area (Å²) in [5.74, 6) is -0.137. The van der Waals surface area contributed by atoms with Gasteiger partial charge in [0.05, 0.1) is 6.04 Å². The molecule has 2 heterocycles. The lowest BCUT2D eigenvalue weighted by atomic mass is 10.0. The number of aromatic amines is 2. The van der Waals surface area contributed by atoms with Crippen molar-refractivity contribution in [2.45, 2.75) is 6.04 Å². The number of imidazole rings is 1. The second-order valence-electron chi connectivity index (χ2n) is 5.31. The zero-order valence-corrected chi connectivity index (χ0v) is 11.9. The molecule has 2 aromatic rings. The first kappa shape index (κ1) is 13.6. The van der Waals surface area contributed by atoms with E-state index in [0.29, 0.717) is 18.8 Å². The second-order valence-corrected chi connectivity index (χ2v) is 5.31. The maximum Gasteiger partial charge on any atom is 0.323 e. The molecule has 110 valence electrons. The Morgan fingerprint density at radius 1 is 1.24 bits per heavy atom. The summed E-state index contributed by atoms with van der Waals surface area (Å²) in [6.07, 6.45) is 1.43. The Bertz CT molecular complexity index is 676. The molecule has 6 heteroatoms. The molecule has 1 aliphatic rings. The van der Waals surface area contributed by atoms with Gasteiger partial charge in [0.25, 0.3) is 5.91 Å². The quantitative estimate of drug-likeness (QED) is 0.859. The van der Waals surface area contributed by atoms with Crippen LogP contribution in [0.25, 0.3) is 0 Å². The van der Waals surface area contributed by atoms with Crippen LogP contribution in [0.15, 0.2) is 41.3 Å². The van der Waals surface area contributed by atoms with Gasteiger partial charge in [-0.3, -0.25) is 9.69 Å². The smallest absolute Gasteiger partial charge is 0.323 e. The van der Waals surface area contributed by atoms with Crippen LogP contribution in [0.2, 0.25) is 0 Å². The minimum Gasteiger partial charge on any atom is -0.334 e. The van der Waals surface area contributed by atoms with Crippen LogP contribution in [0, 0.1) is 0 Å². The summed E-state index contributed by atoms with van der Waals surface area (Å²) in [5, 5.41) is 0. The normalized spacial score (nSPS) is 19.7. The molecule has 0 radical (unpaired) electrons. The first-order chi connectivity index (χ1) is 10.1. The van der Waals surface area contributed by atoms with Crippen molar-refractivity contribution in [1.29, 1.82) is 0 Å². The van der Waals surface area contributed by atoms with Gasteiger partial charge in [-0.25, -0.2) is 4.79 Å². The van der Waals surface area contributed by atoms with Gasteiger partial charge in [-0.1, -0.05) is 30.3 Å². The number of amides is 1. The predicted molar refractivity (Wildman–Crippen MR) is 79.1 cm³/mol. The molecule has 1 saturated heterocycles. The second kappa shape index (κ2) is 5.57. The van der Waals surface area contributed by atoms with Gasteiger partial charge in [0.2, 0.25) is 0 Å². The Morgan fingerprint density at radius 2 is 2.00 bits per heavy atom. The van der Waals surface area contributed by atoms with Crippen LogP contribution in [0.4, 0.5) is 0 Å². The van der Waals surface area contributed by atoms with Crippen LogP contribution in [-0.2, 0) is 0 Å². The Hall–Kier alpha value is -2.34. The molecule has 0 unspecified atom stereocenters. The fourth-order valence-corrected chi connectivity index (χ4v) is 2.71. The van der Waals surface area contributed by atoms with Gasteiger partial charge in [-0.2, -0.15) is 0 Å². The molecule has 0 aliphatic carbocycles. The first-order valence-corrected chi connectivity index (χ1v) is 6.97. The van der Waals surface area contributed by atoms with E-state index in [1.54, 1.807) is 4.90 Å². The molecule has 1 fully saturated rings. The van der Waals surface area contributed by atoms with Gasteiger partial charge in [-0.15, -0.1) is 0 Å². The average molecular weight is 286 g/mol. The highest BCUT2D eigenvalue weighted by molar-refractivity contribution is 5.92. The molecule has 0 bridgehead atoms. The molecular weight excluding hydrogens is 268 g/mol. The summed E-state index contributed by atoms with van der Waals surface area (Å²) in [7, 11) is 2.07. The maximum atomic E-state index is 12.4. The number of hydrogen-bond donors (Lipinski definition) is 2. The molecule has 1 amide bonds. The van der Waals surface area contributed by atoms with Crippen molar-refractivity contribution in [2.75, 3.05) is 26.7 Å². The number of hydrogen-bond acceptors (Lipinski definition) is 3. The summed E-state index contributed by atoms with van der Waals surface area (Å²) in [6, 6.07) is 10.3. The monoisotopic (exact) mass is 286 g/mol. The highest BCUT2D eigenvalue weighted by atomic mass is 16.2. The van der Waals surface area contributed by atoms with Gasteiger partial charge < -0.3 is 14.9 Å². The molecule has 21 heavy (non-hydrogen) atoms. The standard InChI is InChI=1S/C15H18N4O2/c1-18-7-8-19(14(20)12-9-16-15(21)17-12)10-13(18)11-5-3-2-4-6-11/h2-6,9,13H,7-8,10H2,1H3,(H2,16,17,21)/t13-/m1/s1. The number of nitrogens with one attached hydrogen (secondary N) is 2. The van der Waals surface area contributed by atoms with Gasteiger partial charge in [-0.05, 0) is 12.6 Å². The molecule has 0 spiro atoms. The third kappa shape index (κ3) is 2.75. The van der Waals surface area contributed by atoms with Crippen LogP contribution < -0.4 is 5.69 Å². The van der Waals surface area contributed by atoms with Crippen LogP contribution in [0.3, 0.4) is 0 Å². The molecule has 3 rings (SSSR count). The van der Waals surface area contributed by atoms with Crippen molar-refractivity contribution < 1.29 is 4.79 Å². The Kier molecular flexibility index (Phi) is 3.62. The Balaban J connectivity index is 1.80. The zero-order valence-electron chi connectivity index (χ0n) is 11.9. The summed E-state index contributed by atoms with van der Waals surface area (Å²) in [4.78, 5) is 32.6. The number of H-pyrrole nitrogens is 2. The molecule has 1 atom stereocenters. The largest absolute Gasteiger partial charge is 0.334 e. The number of rotatable bonds is 2. The Morgan fingerprint density at radius 3 is 2.67 bits per heavy atom. The van der Waals surface area contributed by atoms with E-state index in [0.717, 1.165) is 6.54 Å². The van der Waals surface area contributed by atoms with Crippen molar-refractivity contribution in [3.05, 3.63) is 58.3 Å². The Labute approximate surface area is 122 Å². The van der Waals surface area contributed by atoms with Gasteiger partial charge in [0, 0.05) is 25.8 Å². The van der Waals surface area contributed by atoms with Crippen LogP contribution in [0.1, 0.15) is 22.1 Å². The number of aromatic nitrogens is 2. The fraction of sp³-hybridized carbons (Fsp3) is 0.333. The minimum absolute atomic E-state index is 0.137. The van der Waals surface area contributed by atoms with Crippen molar-refractivity contribution in [1.82, 2.24) is 19.8 Å². The van der Waals surface area contributed by atoms with Crippen LogP contribution in [-0.4, -0.2) is 52.4 Å². The van der Waals surface area contributed by atoms with E-state index in [-0.39, 0.29) is 17.6 Å². The van der Waals surface area contributed by atoms with E-state index in [2.05, 4.69) is 34.0 Å². The molecule has 1 aliphatic heterocycles. The van der Waals surface area contributed by atoms with E-state index < -0.39 is 0 Å². The van der Waals surface area contributed by atoms with Gasteiger partial charge in [0.1, 0.15) is 5.69 Å². The summed E-state index contributed by atoms with van der Waals surface area (Å²) in [5.41, 5.74) is 1.16. The first-order valence-electron chi connectivity index (χ1n) is 6.97. The lowest BCUT2D eigenvalue weighted by Gasteiger charge is -2.39. The fourth-order valence-electron chi connectivity index (χ4n) is 2.71. The highest BCUT2D eigenvalue weighted by Crippen LogP contribution is 2.24. The number of nitrogens with zero attached hydrogens (tertiary/aromatic N) is 2. The maximum absolute atomic E-state index is 12.4. The van der Waals surface area contributed by atoms with E-state index in [9.17, 15) is 9.59 Å². The number of benzene rings is 1. The number of carbonyl (C=O) groups is 1. The average Bonchev–Trinajstić information content (AvgIpc) is 2.94. The number of piperazine rings is 1. The summed E-state index contributed by atoms with van der Waals surface area (Å²) >= 11 is 0. The highest BCUT2D eigenvalue weighted by Gasteiger charge is 2.29. The minimum atomic E-state index is -0.355.